The van der Waals surface area contributed by atoms with E-state index in [0.717, 1.165) is 11.1 Å². The second-order valence-electron chi connectivity index (χ2n) is 2.50. The van der Waals surface area contributed by atoms with E-state index in [1.807, 2.05) is 0 Å². The van der Waals surface area contributed by atoms with Crippen LogP contribution in [0.2, 0.25) is 0 Å². The largest absolute Gasteiger partial charge is 0.299 e. The Morgan fingerprint density at radius 1 is 1.42 bits per heavy atom. The summed E-state index contributed by atoms with van der Waals surface area (Å²) in [5.74, 6) is -0.254. The Morgan fingerprint density at radius 2 is 2.17 bits per heavy atom. The molecule has 0 heterocycles. The molecule has 12 heavy (non-hydrogen) atoms. The van der Waals surface area contributed by atoms with Crippen molar-refractivity contribution in [3.05, 3.63) is 41.2 Å². The molecule has 0 fully saturated rings. The molecule has 0 aliphatic rings. The van der Waals surface area contributed by atoms with Crippen molar-refractivity contribution >= 4 is 12.4 Å². The van der Waals surface area contributed by atoms with Gasteiger partial charge in [-0.2, -0.15) is 0 Å². The maximum atomic E-state index is 12.6. The van der Waals surface area contributed by atoms with Crippen molar-refractivity contribution < 1.29 is 9.18 Å². The van der Waals surface area contributed by atoms with Gasteiger partial charge >= 0.3 is 0 Å². The number of aldehydes is 1. The average Bonchev–Trinajstić information content (AvgIpc) is 2.03. The minimum Gasteiger partial charge on any atom is -0.299 e. The first kappa shape index (κ1) is 8.65. The van der Waals surface area contributed by atoms with Crippen molar-refractivity contribution in [1.82, 2.24) is 0 Å². The zero-order chi connectivity index (χ0) is 8.97. The van der Waals surface area contributed by atoms with E-state index in [0.29, 0.717) is 6.29 Å². The third-order valence-corrected chi connectivity index (χ3v) is 1.59. The maximum Gasteiger partial charge on any atom is 0.142 e. The first-order valence-corrected chi connectivity index (χ1v) is 3.62. The normalized spacial score (nSPS) is 10.5. The summed E-state index contributed by atoms with van der Waals surface area (Å²) in [5.41, 5.74) is 1.69. The molecule has 0 saturated carbocycles. The Labute approximate surface area is 70.5 Å². The highest BCUT2D eigenvalue weighted by molar-refractivity contribution is 5.74. The van der Waals surface area contributed by atoms with E-state index in [2.05, 4.69) is 0 Å². The number of allylic oxidation sites excluding steroid dienone is 1. The van der Waals surface area contributed by atoms with Crippen LogP contribution in [0.4, 0.5) is 4.39 Å². The van der Waals surface area contributed by atoms with Gasteiger partial charge in [-0.3, -0.25) is 4.79 Å². The number of hydrogen-bond donors (Lipinski definition) is 0. The topological polar surface area (TPSA) is 17.1 Å². The van der Waals surface area contributed by atoms with Gasteiger partial charge in [0.1, 0.15) is 12.1 Å². The minimum atomic E-state index is -0.254. The molecule has 0 aliphatic heterocycles. The summed E-state index contributed by atoms with van der Waals surface area (Å²) in [4.78, 5) is 10.00. The third-order valence-electron chi connectivity index (χ3n) is 1.59. The smallest absolute Gasteiger partial charge is 0.142 e. The van der Waals surface area contributed by atoms with Crippen LogP contribution in [0.1, 0.15) is 11.1 Å². The molecule has 1 aromatic carbocycles. The number of rotatable bonds is 2. The molecule has 0 spiro atoms. The predicted octanol–water partition coefficient (Wildman–Crippen LogP) is 2.35. The minimum absolute atomic E-state index is 0.254. The van der Waals surface area contributed by atoms with E-state index in [-0.39, 0.29) is 5.82 Å². The van der Waals surface area contributed by atoms with E-state index in [1.54, 1.807) is 19.1 Å². The summed E-state index contributed by atoms with van der Waals surface area (Å²) in [5, 5.41) is 0. The number of carbonyl (C=O) groups is 1. The predicted molar refractivity (Wildman–Crippen MR) is 46.2 cm³/mol. The molecule has 0 atom stereocenters. The average molecular weight is 164 g/mol. The summed E-state index contributed by atoms with van der Waals surface area (Å²) in [6.07, 6.45) is 3.74. The molecule has 2 heteroatoms. The Balaban J connectivity index is 3.01. The van der Waals surface area contributed by atoms with Gasteiger partial charge in [0.2, 0.25) is 0 Å². The summed E-state index contributed by atoms with van der Waals surface area (Å²) in [6.45, 7) is 1.80. The van der Waals surface area contributed by atoms with Crippen LogP contribution in [0.15, 0.2) is 24.3 Å². The van der Waals surface area contributed by atoms with Crippen LogP contribution in [-0.2, 0) is 4.79 Å². The fourth-order valence-electron chi connectivity index (χ4n) is 0.969. The lowest BCUT2D eigenvalue weighted by atomic mass is 10.1. The van der Waals surface area contributed by atoms with Crippen molar-refractivity contribution in [3.8, 4) is 0 Å². The quantitative estimate of drug-likeness (QED) is 0.484. The van der Waals surface area contributed by atoms with Gasteiger partial charge < -0.3 is 0 Å². The van der Waals surface area contributed by atoms with Gasteiger partial charge in [-0.15, -0.1) is 0 Å². The lowest BCUT2D eigenvalue weighted by Gasteiger charge is -1.98. The maximum absolute atomic E-state index is 12.6. The van der Waals surface area contributed by atoms with Gasteiger partial charge in [-0.05, 0) is 36.3 Å². The highest BCUT2D eigenvalue weighted by atomic mass is 19.1. The molecule has 0 aromatic heterocycles. The first-order chi connectivity index (χ1) is 5.74. The van der Waals surface area contributed by atoms with Crippen LogP contribution in [-0.4, -0.2) is 6.29 Å². The Kier molecular flexibility index (Phi) is 2.75. The molecule has 0 radical (unpaired) electrons. The van der Waals surface area contributed by atoms with Crippen LogP contribution in [0, 0.1) is 12.7 Å². The molecular formula is C10H9FO. The first-order valence-electron chi connectivity index (χ1n) is 3.62. The van der Waals surface area contributed by atoms with Gasteiger partial charge in [0, 0.05) is 0 Å². The zero-order valence-electron chi connectivity index (χ0n) is 6.75. The van der Waals surface area contributed by atoms with E-state index in [1.165, 1.54) is 18.2 Å². The number of hydrogen-bond acceptors (Lipinski definition) is 1. The summed E-state index contributed by atoms with van der Waals surface area (Å²) in [6, 6.07) is 4.45. The van der Waals surface area contributed by atoms with Crippen LogP contribution < -0.4 is 0 Å². The van der Waals surface area contributed by atoms with Crippen molar-refractivity contribution in [1.29, 1.82) is 0 Å². The highest BCUT2D eigenvalue weighted by Gasteiger charge is 1.94. The molecule has 1 rings (SSSR count). The SMILES string of the molecule is Cc1cc(F)ccc1/C=C/C=O. The fraction of sp³-hybridized carbons (Fsp3) is 0.100. The molecule has 0 unspecified atom stereocenters. The standard InChI is InChI=1S/C10H9FO/c1-8-7-10(11)5-4-9(8)3-2-6-12/h2-7H,1H3/b3-2+. The van der Waals surface area contributed by atoms with Crippen molar-refractivity contribution in [3.63, 3.8) is 0 Å². The molecule has 0 N–H and O–H groups in total. The van der Waals surface area contributed by atoms with Gasteiger partial charge in [0.15, 0.2) is 0 Å². The molecule has 1 nitrogen and oxygen atoms in total. The van der Waals surface area contributed by atoms with Crippen molar-refractivity contribution in [2.24, 2.45) is 0 Å². The van der Waals surface area contributed by atoms with Crippen LogP contribution in [0.3, 0.4) is 0 Å². The Bertz CT molecular complexity index is 316. The van der Waals surface area contributed by atoms with Gasteiger partial charge in [0.25, 0.3) is 0 Å². The molecule has 0 saturated heterocycles. The van der Waals surface area contributed by atoms with Gasteiger partial charge in [0.05, 0.1) is 0 Å². The second kappa shape index (κ2) is 3.81. The molecule has 0 bridgehead atoms. The summed E-state index contributed by atoms with van der Waals surface area (Å²) in [7, 11) is 0. The van der Waals surface area contributed by atoms with E-state index < -0.39 is 0 Å². The number of aryl methyl sites for hydroxylation is 1. The number of benzene rings is 1. The number of halogens is 1. The van der Waals surface area contributed by atoms with E-state index in [4.69, 9.17) is 0 Å². The van der Waals surface area contributed by atoms with E-state index in [9.17, 15) is 9.18 Å². The molecular weight excluding hydrogens is 155 g/mol. The van der Waals surface area contributed by atoms with E-state index >= 15 is 0 Å². The third kappa shape index (κ3) is 2.02. The summed E-state index contributed by atoms with van der Waals surface area (Å²) < 4.78 is 12.6. The monoisotopic (exact) mass is 164 g/mol. The highest BCUT2D eigenvalue weighted by Crippen LogP contribution is 2.11. The molecule has 0 aliphatic carbocycles. The fourth-order valence-corrected chi connectivity index (χ4v) is 0.969. The summed E-state index contributed by atoms with van der Waals surface area (Å²) >= 11 is 0. The molecule has 1 aromatic rings. The Hall–Kier alpha value is -1.44. The zero-order valence-corrected chi connectivity index (χ0v) is 6.75. The molecule has 0 amide bonds. The Morgan fingerprint density at radius 3 is 2.75 bits per heavy atom. The number of carbonyl (C=O) groups excluding carboxylic acids is 1. The molecule has 62 valence electrons. The second-order valence-corrected chi connectivity index (χ2v) is 2.50. The van der Waals surface area contributed by atoms with Crippen molar-refractivity contribution in [2.75, 3.05) is 0 Å². The lowest BCUT2D eigenvalue weighted by Crippen LogP contribution is -1.82. The van der Waals surface area contributed by atoms with Crippen LogP contribution >= 0.6 is 0 Å². The van der Waals surface area contributed by atoms with Crippen molar-refractivity contribution in [2.45, 2.75) is 6.92 Å². The lowest BCUT2D eigenvalue weighted by molar-refractivity contribution is -0.104. The van der Waals surface area contributed by atoms with Crippen LogP contribution in [0.25, 0.3) is 6.08 Å². The van der Waals surface area contributed by atoms with Gasteiger partial charge in [-0.1, -0.05) is 12.1 Å². The van der Waals surface area contributed by atoms with Gasteiger partial charge in [-0.25, -0.2) is 4.39 Å². The van der Waals surface area contributed by atoms with Crippen LogP contribution in [0.5, 0.6) is 0 Å².